The molecule has 29 heavy (non-hydrogen) atoms. The van der Waals surface area contributed by atoms with Gasteiger partial charge in [0.25, 0.3) is 0 Å². The molecule has 1 unspecified atom stereocenters. The maximum absolute atomic E-state index is 12.2. The first-order valence-electron chi connectivity index (χ1n) is 10.5. The van der Waals surface area contributed by atoms with E-state index in [1.54, 1.807) is 12.3 Å². The van der Waals surface area contributed by atoms with Crippen LogP contribution in [0.5, 0.6) is 5.75 Å². The Morgan fingerprint density at radius 3 is 2.72 bits per heavy atom. The Kier molecular flexibility index (Phi) is 6.20. The molecule has 1 saturated heterocycles. The highest BCUT2D eigenvalue weighted by atomic mass is 16.5. The number of carbonyl (C=O) groups is 1. The molecule has 2 aliphatic rings. The molecule has 2 aliphatic heterocycles. The molecule has 1 atom stereocenters. The quantitative estimate of drug-likeness (QED) is 0.671. The number of hydrazone groups is 1. The third-order valence-corrected chi connectivity index (χ3v) is 5.64. The highest BCUT2D eigenvalue weighted by Crippen LogP contribution is 2.22. The number of aromatic nitrogens is 1. The van der Waals surface area contributed by atoms with Crippen molar-refractivity contribution in [3.8, 4) is 5.75 Å². The topological polar surface area (TPSA) is 58.0 Å². The van der Waals surface area contributed by atoms with Crippen LogP contribution in [0.1, 0.15) is 44.6 Å². The second kappa shape index (κ2) is 9.18. The number of anilines is 1. The first kappa shape index (κ1) is 19.6. The molecule has 0 aliphatic carbocycles. The smallest absolute Gasteiger partial charge is 0.249 e. The average molecular weight is 393 g/mol. The summed E-state index contributed by atoms with van der Waals surface area (Å²) in [5.74, 6) is 1.40. The second-order valence-electron chi connectivity index (χ2n) is 7.69. The fourth-order valence-corrected chi connectivity index (χ4v) is 3.94. The molecule has 0 N–H and O–H groups in total. The van der Waals surface area contributed by atoms with Gasteiger partial charge in [-0.2, -0.15) is 10.1 Å². The van der Waals surface area contributed by atoms with E-state index in [0.29, 0.717) is 24.7 Å². The summed E-state index contributed by atoms with van der Waals surface area (Å²) in [6.45, 7) is 5.36. The molecule has 2 aromatic rings. The van der Waals surface area contributed by atoms with Crippen LogP contribution in [-0.4, -0.2) is 47.2 Å². The lowest BCUT2D eigenvalue weighted by Crippen LogP contribution is -2.32. The van der Waals surface area contributed by atoms with E-state index in [4.69, 9.17) is 4.74 Å². The van der Waals surface area contributed by atoms with Crippen LogP contribution in [0.4, 0.5) is 5.82 Å². The molecule has 0 bridgehead atoms. The molecule has 6 heteroatoms. The largest absolute Gasteiger partial charge is 0.494 e. The van der Waals surface area contributed by atoms with E-state index >= 15 is 0 Å². The fraction of sp³-hybridized carbons (Fsp3) is 0.435. The van der Waals surface area contributed by atoms with Gasteiger partial charge in [0.1, 0.15) is 5.75 Å². The summed E-state index contributed by atoms with van der Waals surface area (Å²) >= 11 is 0. The van der Waals surface area contributed by atoms with Crippen molar-refractivity contribution >= 4 is 17.4 Å². The van der Waals surface area contributed by atoms with E-state index in [9.17, 15) is 4.79 Å². The number of pyridine rings is 1. The maximum Gasteiger partial charge on any atom is 0.249 e. The minimum absolute atomic E-state index is 0.0280. The third kappa shape index (κ3) is 4.82. The van der Waals surface area contributed by atoms with Crippen molar-refractivity contribution in [1.29, 1.82) is 0 Å². The normalized spacial score (nSPS) is 20.0. The summed E-state index contributed by atoms with van der Waals surface area (Å²) in [6.07, 6.45) is 6.41. The summed E-state index contributed by atoms with van der Waals surface area (Å²) in [7, 11) is 0. The Morgan fingerprint density at radius 2 is 2.00 bits per heavy atom. The Hall–Kier alpha value is -2.73. The molecular weight excluding hydrogens is 364 g/mol. The molecule has 0 radical (unpaired) electrons. The van der Waals surface area contributed by atoms with Crippen molar-refractivity contribution in [2.45, 2.75) is 45.1 Å². The van der Waals surface area contributed by atoms with E-state index in [1.165, 1.54) is 24.4 Å². The van der Waals surface area contributed by atoms with Gasteiger partial charge in [0, 0.05) is 31.6 Å². The first-order chi connectivity index (χ1) is 14.2. The summed E-state index contributed by atoms with van der Waals surface area (Å²) in [5, 5.41) is 5.96. The molecule has 1 amide bonds. The molecule has 0 saturated carbocycles. The number of likely N-dealkylation sites (tertiary alicyclic amines) is 1. The molecular formula is C23H28N4O2. The zero-order valence-corrected chi connectivity index (χ0v) is 17.0. The van der Waals surface area contributed by atoms with Crippen LogP contribution >= 0.6 is 0 Å². The van der Waals surface area contributed by atoms with Gasteiger partial charge < -0.3 is 9.64 Å². The van der Waals surface area contributed by atoms with Crippen LogP contribution < -0.4 is 9.75 Å². The minimum Gasteiger partial charge on any atom is -0.494 e. The molecule has 3 heterocycles. The number of carbonyl (C=O) groups excluding carboxylic acids is 1. The Bertz CT molecular complexity index is 851. The van der Waals surface area contributed by atoms with E-state index in [1.807, 2.05) is 36.4 Å². The van der Waals surface area contributed by atoms with Crippen molar-refractivity contribution in [3.63, 3.8) is 0 Å². The molecule has 1 aromatic carbocycles. The summed E-state index contributed by atoms with van der Waals surface area (Å²) in [5.41, 5.74) is 1.90. The highest BCUT2D eigenvalue weighted by Gasteiger charge is 2.23. The molecule has 0 spiro atoms. The fourth-order valence-electron chi connectivity index (χ4n) is 3.94. The molecule has 1 aromatic heterocycles. The molecule has 1 fully saturated rings. The van der Waals surface area contributed by atoms with E-state index < -0.39 is 0 Å². The van der Waals surface area contributed by atoms with Gasteiger partial charge in [-0.3, -0.25) is 4.79 Å². The summed E-state index contributed by atoms with van der Waals surface area (Å²) < 4.78 is 5.91. The Morgan fingerprint density at radius 1 is 1.14 bits per heavy atom. The van der Waals surface area contributed by atoms with E-state index in [-0.39, 0.29) is 5.91 Å². The SMILES string of the molecule is CC1CCCN1CCCOc1ccc(C2=NN(c3ccccn3)C(=O)CC2)cc1. The van der Waals surface area contributed by atoms with Gasteiger partial charge in [-0.15, -0.1) is 0 Å². The lowest BCUT2D eigenvalue weighted by atomic mass is 10.0. The zero-order valence-electron chi connectivity index (χ0n) is 17.0. The Labute approximate surface area is 172 Å². The lowest BCUT2D eigenvalue weighted by molar-refractivity contribution is -0.118. The van der Waals surface area contributed by atoms with Crippen LogP contribution in [-0.2, 0) is 4.79 Å². The molecule has 152 valence electrons. The first-order valence-corrected chi connectivity index (χ1v) is 10.5. The summed E-state index contributed by atoms with van der Waals surface area (Å²) in [4.78, 5) is 19.0. The van der Waals surface area contributed by atoms with Gasteiger partial charge in [0.05, 0.1) is 12.3 Å². The number of hydrogen-bond donors (Lipinski definition) is 0. The predicted octanol–water partition coefficient (Wildman–Crippen LogP) is 3.87. The van der Waals surface area contributed by atoms with Gasteiger partial charge in [0.2, 0.25) is 5.91 Å². The van der Waals surface area contributed by atoms with Gasteiger partial charge in [0.15, 0.2) is 5.82 Å². The zero-order chi connectivity index (χ0) is 20.1. The maximum atomic E-state index is 12.2. The second-order valence-corrected chi connectivity index (χ2v) is 7.69. The van der Waals surface area contributed by atoms with Crippen LogP contribution in [0, 0.1) is 0 Å². The number of ether oxygens (including phenoxy) is 1. The molecule has 4 rings (SSSR count). The molecule has 6 nitrogen and oxygen atoms in total. The number of benzene rings is 1. The van der Waals surface area contributed by atoms with Crippen LogP contribution in [0.15, 0.2) is 53.8 Å². The number of rotatable bonds is 7. The van der Waals surface area contributed by atoms with E-state index in [2.05, 4.69) is 21.9 Å². The van der Waals surface area contributed by atoms with Crippen molar-refractivity contribution in [3.05, 3.63) is 54.2 Å². The number of amides is 1. The number of nitrogens with zero attached hydrogens (tertiary/aromatic N) is 4. The summed E-state index contributed by atoms with van der Waals surface area (Å²) in [6, 6.07) is 14.2. The van der Waals surface area contributed by atoms with Crippen molar-refractivity contribution in [1.82, 2.24) is 9.88 Å². The van der Waals surface area contributed by atoms with Gasteiger partial charge >= 0.3 is 0 Å². The van der Waals surface area contributed by atoms with Crippen molar-refractivity contribution in [2.24, 2.45) is 5.10 Å². The highest BCUT2D eigenvalue weighted by molar-refractivity contribution is 6.08. The van der Waals surface area contributed by atoms with Crippen LogP contribution in [0.2, 0.25) is 0 Å². The van der Waals surface area contributed by atoms with E-state index in [0.717, 1.165) is 36.6 Å². The minimum atomic E-state index is -0.0280. The standard InChI is InChI=1S/C23H28N4O2/c1-18-6-4-15-26(18)16-5-17-29-20-10-8-19(9-11-20)21-12-13-23(28)27(25-21)22-7-2-3-14-24-22/h2-3,7-11,14,18H,4-6,12-13,15-17H2,1H3. The van der Waals surface area contributed by atoms with Gasteiger partial charge in [-0.1, -0.05) is 6.07 Å². The predicted molar refractivity (Wildman–Crippen MR) is 114 cm³/mol. The lowest BCUT2D eigenvalue weighted by Gasteiger charge is -2.22. The van der Waals surface area contributed by atoms with Gasteiger partial charge in [-0.05, 0) is 74.7 Å². The van der Waals surface area contributed by atoms with Crippen molar-refractivity contribution < 1.29 is 9.53 Å². The number of hydrogen-bond acceptors (Lipinski definition) is 5. The monoisotopic (exact) mass is 392 g/mol. The Balaban J connectivity index is 1.34. The van der Waals surface area contributed by atoms with Gasteiger partial charge in [-0.25, -0.2) is 4.98 Å². The van der Waals surface area contributed by atoms with Crippen molar-refractivity contribution in [2.75, 3.05) is 24.7 Å². The average Bonchev–Trinajstić information content (AvgIpc) is 3.17. The van der Waals surface area contributed by atoms with Crippen LogP contribution in [0.3, 0.4) is 0 Å². The van der Waals surface area contributed by atoms with Crippen LogP contribution in [0.25, 0.3) is 0 Å². The third-order valence-electron chi connectivity index (χ3n) is 5.64.